The number of unbranched alkanes of at least 4 members (excludes halogenated alkanes) is 28. The van der Waals surface area contributed by atoms with Crippen LogP contribution in [0.2, 0.25) is 0 Å². The third-order valence-electron chi connectivity index (χ3n) is 11.5. The van der Waals surface area contributed by atoms with Crippen molar-refractivity contribution in [2.45, 2.75) is 271 Å². The molecule has 5 nitrogen and oxygen atoms in total. The Morgan fingerprint density at radius 3 is 1.23 bits per heavy atom. The smallest absolute Gasteiger partial charge is 0.306 e. The minimum Gasteiger partial charge on any atom is -0.462 e. The van der Waals surface area contributed by atoms with Gasteiger partial charge < -0.3 is 14.2 Å². The lowest BCUT2D eigenvalue weighted by atomic mass is 10.1. The first-order valence-corrected chi connectivity index (χ1v) is 26.8. The molecule has 0 rings (SSSR count). The molecule has 1 atom stereocenters. The monoisotopic (exact) mass is 867 g/mol. The summed E-state index contributed by atoms with van der Waals surface area (Å²) in [5, 5.41) is 0. The molecule has 62 heavy (non-hydrogen) atoms. The van der Waals surface area contributed by atoms with Gasteiger partial charge >= 0.3 is 11.9 Å². The summed E-state index contributed by atoms with van der Waals surface area (Å²) in [7, 11) is 0. The van der Waals surface area contributed by atoms with Crippen LogP contribution in [0.15, 0.2) is 60.8 Å². The fourth-order valence-corrected chi connectivity index (χ4v) is 7.50. The molecule has 0 amide bonds. The van der Waals surface area contributed by atoms with Crippen molar-refractivity contribution in [3.63, 3.8) is 0 Å². The number of esters is 2. The number of ether oxygens (including phenoxy) is 3. The average Bonchev–Trinajstić information content (AvgIpc) is 3.27. The fourth-order valence-electron chi connectivity index (χ4n) is 7.50. The van der Waals surface area contributed by atoms with Crippen LogP contribution in [0.25, 0.3) is 0 Å². The molecule has 0 aliphatic carbocycles. The number of carbonyl (C=O) groups is 2. The molecule has 1 unspecified atom stereocenters. The molecule has 360 valence electrons. The lowest BCUT2D eigenvalue weighted by Gasteiger charge is -2.18. The van der Waals surface area contributed by atoms with Crippen molar-refractivity contribution in [3.8, 4) is 0 Å². The van der Waals surface area contributed by atoms with Gasteiger partial charge in [0.1, 0.15) is 6.61 Å². The third-order valence-corrected chi connectivity index (χ3v) is 11.5. The van der Waals surface area contributed by atoms with Crippen LogP contribution in [-0.4, -0.2) is 37.9 Å². The van der Waals surface area contributed by atoms with Gasteiger partial charge in [-0.15, -0.1) is 0 Å². The van der Waals surface area contributed by atoms with E-state index < -0.39 is 6.10 Å². The van der Waals surface area contributed by atoms with Crippen LogP contribution in [0.3, 0.4) is 0 Å². The van der Waals surface area contributed by atoms with E-state index in [2.05, 4.69) is 81.5 Å². The van der Waals surface area contributed by atoms with E-state index in [1.807, 2.05) is 0 Å². The largest absolute Gasteiger partial charge is 0.462 e. The summed E-state index contributed by atoms with van der Waals surface area (Å²) < 4.78 is 17.4. The van der Waals surface area contributed by atoms with E-state index in [1.54, 1.807) is 0 Å². The second-order valence-electron chi connectivity index (χ2n) is 17.7. The van der Waals surface area contributed by atoms with Gasteiger partial charge in [-0.25, -0.2) is 0 Å². The summed E-state index contributed by atoms with van der Waals surface area (Å²) in [5.74, 6) is -0.415. The molecule has 5 heteroatoms. The van der Waals surface area contributed by atoms with Gasteiger partial charge in [0.2, 0.25) is 0 Å². The SMILES string of the molecule is CC/C=C\C/C=C\C/C=C\CCCCCCCCCC(=O)OCC(COCCCCCCCCCC/C=C\CCCCCCCC)OC(=O)CCCCCCC/C=C\CCCC. The molecule has 0 heterocycles. The van der Waals surface area contributed by atoms with Crippen LogP contribution in [-0.2, 0) is 23.8 Å². The van der Waals surface area contributed by atoms with Crippen LogP contribution >= 0.6 is 0 Å². The minimum atomic E-state index is -0.546. The highest BCUT2D eigenvalue weighted by molar-refractivity contribution is 5.70. The Bertz CT molecular complexity index is 1070. The molecule has 0 bridgehead atoms. The molecule has 0 aromatic carbocycles. The summed E-state index contributed by atoms with van der Waals surface area (Å²) in [4.78, 5) is 25.4. The lowest BCUT2D eigenvalue weighted by molar-refractivity contribution is -0.163. The number of carbonyl (C=O) groups excluding carboxylic acids is 2. The summed E-state index contributed by atoms with van der Waals surface area (Å²) in [6.45, 7) is 7.68. The lowest BCUT2D eigenvalue weighted by Crippen LogP contribution is -2.30. The number of rotatable bonds is 49. The van der Waals surface area contributed by atoms with Gasteiger partial charge in [0, 0.05) is 19.4 Å². The Morgan fingerprint density at radius 1 is 0.371 bits per heavy atom. The summed E-state index contributed by atoms with van der Waals surface area (Å²) in [6, 6.07) is 0. The molecule has 0 fully saturated rings. The molecule has 0 radical (unpaired) electrons. The Labute approximate surface area is 385 Å². The summed E-state index contributed by atoms with van der Waals surface area (Å²) in [5.41, 5.74) is 0. The van der Waals surface area contributed by atoms with E-state index >= 15 is 0 Å². The van der Waals surface area contributed by atoms with Gasteiger partial charge in [0.25, 0.3) is 0 Å². The second-order valence-corrected chi connectivity index (χ2v) is 17.7. The van der Waals surface area contributed by atoms with Gasteiger partial charge in [-0.05, 0) is 96.3 Å². The van der Waals surface area contributed by atoms with E-state index in [4.69, 9.17) is 14.2 Å². The standard InChI is InChI=1S/C57H102O5/c1-4-7-10-13-16-19-22-24-26-28-30-32-34-37-40-43-46-49-52-60-53-55(62-57(59)51-48-45-42-39-35-21-18-15-12-9-6-3)54-61-56(58)50-47-44-41-38-36-33-31-29-27-25-23-20-17-14-11-8-5-2/h8,11,15,17-18,20,24-27,55H,4-7,9-10,12-14,16,19,21-23,28-54H2,1-3H3/b11-8-,18-15-,20-17-,26-24-,27-25-. The maximum atomic E-state index is 12.8. The Morgan fingerprint density at radius 2 is 0.742 bits per heavy atom. The van der Waals surface area contributed by atoms with Crippen molar-refractivity contribution >= 4 is 11.9 Å². The molecule has 0 N–H and O–H groups in total. The van der Waals surface area contributed by atoms with E-state index in [1.165, 1.54) is 148 Å². The van der Waals surface area contributed by atoms with Crippen molar-refractivity contribution < 1.29 is 23.8 Å². The molecular formula is C57H102O5. The maximum Gasteiger partial charge on any atom is 0.306 e. The highest BCUT2D eigenvalue weighted by Crippen LogP contribution is 2.14. The summed E-state index contributed by atoms with van der Waals surface area (Å²) >= 11 is 0. The van der Waals surface area contributed by atoms with Crippen molar-refractivity contribution in [2.24, 2.45) is 0 Å². The van der Waals surface area contributed by atoms with E-state index in [9.17, 15) is 9.59 Å². The molecule has 0 saturated heterocycles. The molecule has 0 aliphatic heterocycles. The molecule has 0 spiro atoms. The van der Waals surface area contributed by atoms with Gasteiger partial charge in [0.05, 0.1) is 6.61 Å². The minimum absolute atomic E-state index is 0.0757. The van der Waals surface area contributed by atoms with Crippen molar-refractivity contribution in [1.29, 1.82) is 0 Å². The Kier molecular flexibility index (Phi) is 50.9. The fraction of sp³-hybridized carbons (Fsp3) is 0.789. The normalized spacial score (nSPS) is 12.6. The van der Waals surface area contributed by atoms with E-state index in [0.29, 0.717) is 19.4 Å². The van der Waals surface area contributed by atoms with Crippen LogP contribution in [0, 0.1) is 0 Å². The van der Waals surface area contributed by atoms with Gasteiger partial charge in [-0.3, -0.25) is 9.59 Å². The highest BCUT2D eigenvalue weighted by Gasteiger charge is 2.17. The predicted molar refractivity (Wildman–Crippen MR) is 270 cm³/mol. The molecule has 0 aromatic heterocycles. The van der Waals surface area contributed by atoms with Crippen LogP contribution < -0.4 is 0 Å². The zero-order chi connectivity index (χ0) is 44.9. The first kappa shape index (κ1) is 59.6. The van der Waals surface area contributed by atoms with Gasteiger partial charge in [-0.2, -0.15) is 0 Å². The molecule has 0 aliphatic rings. The van der Waals surface area contributed by atoms with Crippen LogP contribution in [0.1, 0.15) is 265 Å². The third kappa shape index (κ3) is 50.2. The highest BCUT2D eigenvalue weighted by atomic mass is 16.6. The van der Waals surface area contributed by atoms with E-state index in [-0.39, 0.29) is 25.2 Å². The van der Waals surface area contributed by atoms with Gasteiger partial charge in [-0.1, -0.05) is 216 Å². The summed E-state index contributed by atoms with van der Waals surface area (Å²) in [6.07, 6.45) is 66.6. The zero-order valence-electron chi connectivity index (χ0n) is 41.4. The predicted octanol–water partition coefficient (Wildman–Crippen LogP) is 18.1. The molecule has 0 aromatic rings. The van der Waals surface area contributed by atoms with Crippen LogP contribution in [0.5, 0.6) is 0 Å². The zero-order valence-corrected chi connectivity index (χ0v) is 41.4. The number of allylic oxidation sites excluding steroid dienone is 10. The van der Waals surface area contributed by atoms with Crippen molar-refractivity contribution in [1.82, 2.24) is 0 Å². The number of hydrogen-bond donors (Lipinski definition) is 0. The van der Waals surface area contributed by atoms with E-state index in [0.717, 1.165) is 83.5 Å². The van der Waals surface area contributed by atoms with Crippen LogP contribution in [0.4, 0.5) is 0 Å². The maximum absolute atomic E-state index is 12.8. The average molecular weight is 867 g/mol. The number of hydrogen-bond acceptors (Lipinski definition) is 5. The second kappa shape index (κ2) is 52.9. The van der Waals surface area contributed by atoms with Crippen molar-refractivity contribution in [3.05, 3.63) is 60.8 Å². The Balaban J connectivity index is 4.23. The molecule has 0 saturated carbocycles. The quantitative estimate of drug-likeness (QED) is 0.0346. The Hall–Kier alpha value is -2.40. The first-order valence-electron chi connectivity index (χ1n) is 26.8. The first-order chi connectivity index (χ1) is 30.6. The van der Waals surface area contributed by atoms with Gasteiger partial charge in [0.15, 0.2) is 6.10 Å². The topological polar surface area (TPSA) is 61.8 Å². The molecular weight excluding hydrogens is 765 g/mol. The van der Waals surface area contributed by atoms with Crippen molar-refractivity contribution in [2.75, 3.05) is 19.8 Å².